The van der Waals surface area contributed by atoms with Crippen molar-refractivity contribution in [1.82, 2.24) is 5.06 Å². The Kier molecular flexibility index (Phi) is 3.26. The number of carbonyl (C=O) groups is 3. The second kappa shape index (κ2) is 5.12. The molecule has 7 heteroatoms. The van der Waals surface area contributed by atoms with E-state index < -0.39 is 29.0 Å². The van der Waals surface area contributed by atoms with Crippen molar-refractivity contribution >= 4 is 17.8 Å². The van der Waals surface area contributed by atoms with E-state index in [1.54, 1.807) is 12.1 Å². The molecule has 1 aromatic carbocycles. The average molecular weight is 331 g/mol. The number of ether oxygens (including phenoxy) is 2. The Morgan fingerprint density at radius 3 is 2.42 bits per heavy atom. The molecular weight excluding hydrogens is 314 g/mol. The van der Waals surface area contributed by atoms with Gasteiger partial charge in [0.15, 0.2) is 5.79 Å². The number of nitrogens with zero attached hydrogens (tertiary/aromatic N) is 1. The smallest absolute Gasteiger partial charge is 0.344 e. The Bertz CT molecular complexity index is 697. The van der Waals surface area contributed by atoms with Crippen molar-refractivity contribution in [1.29, 1.82) is 0 Å². The van der Waals surface area contributed by atoms with E-state index in [0.717, 1.165) is 6.42 Å². The van der Waals surface area contributed by atoms with Gasteiger partial charge in [-0.3, -0.25) is 9.59 Å². The highest BCUT2D eigenvalue weighted by Gasteiger charge is 2.66. The number of carbonyl (C=O) groups excluding carboxylic acids is 3. The van der Waals surface area contributed by atoms with E-state index in [9.17, 15) is 14.4 Å². The first-order valence-electron chi connectivity index (χ1n) is 7.94. The molecule has 3 aliphatic rings. The Labute approximate surface area is 138 Å². The average Bonchev–Trinajstić information content (AvgIpc) is 3.20. The summed E-state index contributed by atoms with van der Waals surface area (Å²) in [7, 11) is 1.50. The van der Waals surface area contributed by atoms with Gasteiger partial charge in [-0.25, -0.2) is 4.79 Å². The SMILES string of the molecule is CO[C@]12CCC[C@@]1(C(=O)ON1C(=O)c3ccccc3C1=O)CCO2. The van der Waals surface area contributed by atoms with Crippen LogP contribution in [0.4, 0.5) is 0 Å². The highest BCUT2D eigenvalue weighted by molar-refractivity contribution is 6.20. The minimum absolute atomic E-state index is 0.236. The standard InChI is InChI=1S/C17H17NO6/c1-22-17-8-4-7-16(17,9-10-23-17)15(21)24-18-13(19)11-5-2-3-6-12(11)14(18)20/h2-3,5-6H,4,7-10H2,1H3/t16-,17-/m0/s1. The largest absolute Gasteiger partial charge is 0.352 e. The third-order valence-electron chi connectivity index (χ3n) is 5.35. The van der Waals surface area contributed by atoms with Gasteiger partial charge in [-0.2, -0.15) is 0 Å². The first kappa shape index (κ1) is 15.3. The second-order valence-electron chi connectivity index (χ2n) is 6.32. The van der Waals surface area contributed by atoms with Crippen molar-refractivity contribution in [3.8, 4) is 0 Å². The van der Waals surface area contributed by atoms with Crippen molar-refractivity contribution in [2.24, 2.45) is 5.41 Å². The molecule has 1 aliphatic carbocycles. The summed E-state index contributed by atoms with van der Waals surface area (Å²) in [5, 5.41) is 0.554. The van der Waals surface area contributed by atoms with Gasteiger partial charge >= 0.3 is 5.97 Å². The Morgan fingerprint density at radius 2 is 1.79 bits per heavy atom. The van der Waals surface area contributed by atoms with Crippen molar-refractivity contribution < 1.29 is 28.7 Å². The molecular formula is C17H17NO6. The minimum atomic E-state index is -1.03. The molecule has 0 bridgehead atoms. The number of fused-ring (bicyclic) bond motifs is 2. The molecule has 1 saturated carbocycles. The third kappa shape index (κ3) is 1.76. The lowest BCUT2D eigenvalue weighted by molar-refractivity contribution is -0.245. The molecule has 0 aromatic heterocycles. The van der Waals surface area contributed by atoms with Crippen LogP contribution in [-0.2, 0) is 19.1 Å². The first-order valence-corrected chi connectivity index (χ1v) is 7.94. The predicted molar refractivity (Wildman–Crippen MR) is 79.6 cm³/mol. The van der Waals surface area contributed by atoms with E-state index in [0.29, 0.717) is 30.9 Å². The van der Waals surface area contributed by atoms with Crippen LogP contribution in [0.2, 0.25) is 0 Å². The van der Waals surface area contributed by atoms with Crippen LogP contribution in [0.1, 0.15) is 46.4 Å². The van der Waals surface area contributed by atoms with Gasteiger partial charge < -0.3 is 14.3 Å². The molecule has 0 N–H and O–H groups in total. The third-order valence-corrected chi connectivity index (χ3v) is 5.35. The van der Waals surface area contributed by atoms with E-state index in [4.69, 9.17) is 14.3 Å². The normalized spacial score (nSPS) is 31.3. The monoisotopic (exact) mass is 331 g/mol. The van der Waals surface area contributed by atoms with Crippen LogP contribution in [0.5, 0.6) is 0 Å². The molecule has 2 aliphatic heterocycles. The molecule has 7 nitrogen and oxygen atoms in total. The molecule has 0 spiro atoms. The zero-order valence-electron chi connectivity index (χ0n) is 13.2. The van der Waals surface area contributed by atoms with Crippen molar-refractivity contribution in [2.75, 3.05) is 13.7 Å². The van der Waals surface area contributed by atoms with Gasteiger partial charge in [0.2, 0.25) is 0 Å². The van der Waals surface area contributed by atoms with Crippen molar-refractivity contribution in [3.05, 3.63) is 35.4 Å². The van der Waals surface area contributed by atoms with Gasteiger partial charge in [0.25, 0.3) is 11.8 Å². The Hall–Kier alpha value is -2.25. The minimum Gasteiger partial charge on any atom is -0.352 e. The Morgan fingerprint density at radius 1 is 1.12 bits per heavy atom. The molecule has 2 fully saturated rings. The highest BCUT2D eigenvalue weighted by atomic mass is 16.7. The maximum Gasteiger partial charge on any atom is 0.344 e. The van der Waals surface area contributed by atoms with Crippen molar-refractivity contribution in [2.45, 2.75) is 31.5 Å². The molecule has 1 aromatic rings. The number of methoxy groups -OCH3 is 1. The highest BCUT2D eigenvalue weighted by Crippen LogP contribution is 2.56. The number of hydroxylamine groups is 2. The maximum absolute atomic E-state index is 12.9. The molecule has 1 saturated heterocycles. The van der Waals surface area contributed by atoms with E-state index in [1.165, 1.54) is 19.2 Å². The Balaban J connectivity index is 1.62. The lowest BCUT2D eigenvalue weighted by Crippen LogP contribution is -2.50. The van der Waals surface area contributed by atoms with Gasteiger partial charge in [-0.1, -0.05) is 17.2 Å². The zero-order valence-corrected chi connectivity index (χ0v) is 13.2. The fourth-order valence-electron chi connectivity index (χ4n) is 4.10. The van der Waals surface area contributed by atoms with Gasteiger partial charge in [0, 0.05) is 13.5 Å². The summed E-state index contributed by atoms with van der Waals surface area (Å²) in [5.41, 5.74) is -0.503. The predicted octanol–water partition coefficient (Wildman–Crippen LogP) is 1.67. The summed E-state index contributed by atoms with van der Waals surface area (Å²) in [6, 6.07) is 6.39. The number of benzene rings is 1. The molecule has 0 unspecified atom stereocenters. The molecule has 126 valence electrons. The quantitative estimate of drug-likeness (QED) is 0.784. The van der Waals surface area contributed by atoms with Gasteiger partial charge in [0.05, 0.1) is 17.7 Å². The summed E-state index contributed by atoms with van der Waals surface area (Å²) in [6.07, 6.45) is 2.33. The fourth-order valence-corrected chi connectivity index (χ4v) is 4.10. The molecule has 0 radical (unpaired) electrons. The molecule has 24 heavy (non-hydrogen) atoms. The topological polar surface area (TPSA) is 82.1 Å². The molecule has 2 heterocycles. The van der Waals surface area contributed by atoms with E-state index in [1.807, 2.05) is 0 Å². The maximum atomic E-state index is 12.9. The molecule has 2 amide bonds. The zero-order chi connectivity index (χ0) is 16.9. The second-order valence-corrected chi connectivity index (χ2v) is 6.32. The number of hydrogen-bond donors (Lipinski definition) is 0. The van der Waals surface area contributed by atoms with Crippen LogP contribution < -0.4 is 0 Å². The number of rotatable bonds is 3. The van der Waals surface area contributed by atoms with Crippen LogP contribution in [0.3, 0.4) is 0 Å². The van der Waals surface area contributed by atoms with Crippen LogP contribution in [0.25, 0.3) is 0 Å². The molecule has 4 rings (SSSR count). The van der Waals surface area contributed by atoms with E-state index >= 15 is 0 Å². The van der Waals surface area contributed by atoms with Crippen LogP contribution in [0, 0.1) is 5.41 Å². The molecule has 2 atom stereocenters. The van der Waals surface area contributed by atoms with Gasteiger partial charge in [-0.15, -0.1) is 0 Å². The lowest BCUT2D eigenvalue weighted by Gasteiger charge is -2.35. The summed E-state index contributed by atoms with van der Waals surface area (Å²) in [6.45, 7) is 0.380. The first-order chi connectivity index (χ1) is 11.5. The summed E-state index contributed by atoms with van der Waals surface area (Å²) >= 11 is 0. The van der Waals surface area contributed by atoms with Crippen LogP contribution >= 0.6 is 0 Å². The van der Waals surface area contributed by atoms with Gasteiger partial charge in [0.1, 0.15) is 5.41 Å². The van der Waals surface area contributed by atoms with Crippen LogP contribution in [-0.4, -0.2) is 42.4 Å². The lowest BCUT2D eigenvalue weighted by atomic mass is 9.80. The van der Waals surface area contributed by atoms with Gasteiger partial charge in [-0.05, 0) is 31.4 Å². The van der Waals surface area contributed by atoms with Crippen LogP contribution in [0.15, 0.2) is 24.3 Å². The van der Waals surface area contributed by atoms with E-state index in [-0.39, 0.29) is 11.1 Å². The fraction of sp³-hybridized carbons (Fsp3) is 0.471. The van der Waals surface area contributed by atoms with Crippen molar-refractivity contribution in [3.63, 3.8) is 0 Å². The summed E-state index contributed by atoms with van der Waals surface area (Å²) < 4.78 is 11.2. The summed E-state index contributed by atoms with van der Waals surface area (Å²) in [5.74, 6) is -2.92. The summed E-state index contributed by atoms with van der Waals surface area (Å²) in [4.78, 5) is 42.9. The number of amides is 2. The number of imide groups is 1. The number of hydrogen-bond acceptors (Lipinski definition) is 6. The van der Waals surface area contributed by atoms with E-state index in [2.05, 4.69) is 0 Å².